The zero-order valence-corrected chi connectivity index (χ0v) is 11.2. The number of carbonyl (C=O) groups excluding carboxylic acids is 2. The molecule has 0 radical (unpaired) electrons. The fraction of sp³-hybridized carbons (Fsp3) is 0.583. The van der Waals surface area contributed by atoms with Crippen molar-refractivity contribution in [2.24, 2.45) is 5.92 Å². The zero-order valence-electron chi connectivity index (χ0n) is 10.4. The van der Waals surface area contributed by atoms with Crippen molar-refractivity contribution in [1.29, 1.82) is 0 Å². The molecule has 2 heterocycles. The summed E-state index contributed by atoms with van der Waals surface area (Å²) in [5.41, 5.74) is 0. The summed E-state index contributed by atoms with van der Waals surface area (Å²) in [7, 11) is 0. The molecule has 2 amide bonds. The van der Waals surface area contributed by atoms with Gasteiger partial charge in [0, 0.05) is 44.1 Å². The maximum atomic E-state index is 11.9. The fourth-order valence-electron chi connectivity index (χ4n) is 2.07. The largest absolute Gasteiger partial charge is 0.355 e. The van der Waals surface area contributed by atoms with Gasteiger partial charge >= 0.3 is 0 Å². The quantitative estimate of drug-likeness (QED) is 0.853. The number of likely N-dealkylation sites (tertiary alicyclic amines) is 1. The molecule has 6 heteroatoms. The van der Waals surface area contributed by atoms with Crippen molar-refractivity contribution in [3.05, 3.63) is 16.6 Å². The summed E-state index contributed by atoms with van der Waals surface area (Å²) in [6.07, 6.45) is 2.86. The molecule has 1 atom stereocenters. The van der Waals surface area contributed by atoms with Crippen molar-refractivity contribution in [3.63, 3.8) is 0 Å². The van der Waals surface area contributed by atoms with Crippen LogP contribution in [0.1, 0.15) is 18.4 Å². The van der Waals surface area contributed by atoms with Crippen LogP contribution in [-0.2, 0) is 16.0 Å². The third kappa shape index (κ3) is 3.07. The predicted octanol–water partition coefficient (Wildman–Crippen LogP) is 0.670. The highest BCUT2D eigenvalue weighted by Crippen LogP contribution is 2.17. The Bertz CT molecular complexity index is 419. The van der Waals surface area contributed by atoms with Crippen LogP contribution in [0, 0.1) is 5.92 Å². The molecule has 0 aliphatic carbocycles. The Morgan fingerprint density at radius 2 is 2.50 bits per heavy atom. The number of rotatable bonds is 5. The average molecular weight is 267 g/mol. The molecule has 1 N–H and O–H groups in total. The van der Waals surface area contributed by atoms with Crippen LogP contribution in [0.15, 0.2) is 11.6 Å². The highest BCUT2D eigenvalue weighted by molar-refractivity contribution is 7.09. The number of nitrogens with one attached hydrogen (secondary N) is 1. The molecule has 1 aromatic heterocycles. The van der Waals surface area contributed by atoms with E-state index < -0.39 is 0 Å². The van der Waals surface area contributed by atoms with Crippen LogP contribution in [0.5, 0.6) is 0 Å². The van der Waals surface area contributed by atoms with Crippen molar-refractivity contribution in [1.82, 2.24) is 15.2 Å². The van der Waals surface area contributed by atoms with E-state index in [2.05, 4.69) is 10.3 Å². The van der Waals surface area contributed by atoms with Crippen LogP contribution in [0.2, 0.25) is 0 Å². The van der Waals surface area contributed by atoms with Crippen molar-refractivity contribution in [2.75, 3.05) is 19.6 Å². The maximum absolute atomic E-state index is 11.9. The number of aromatic nitrogens is 1. The summed E-state index contributed by atoms with van der Waals surface area (Å²) in [6.45, 7) is 3.75. The Morgan fingerprint density at radius 3 is 3.11 bits per heavy atom. The summed E-state index contributed by atoms with van der Waals surface area (Å²) in [5, 5.41) is 5.82. The Morgan fingerprint density at radius 1 is 1.67 bits per heavy atom. The molecule has 1 aromatic rings. The molecule has 18 heavy (non-hydrogen) atoms. The van der Waals surface area contributed by atoms with E-state index in [4.69, 9.17) is 0 Å². The second-order valence-electron chi connectivity index (χ2n) is 4.30. The Kier molecular flexibility index (Phi) is 4.30. The number of amides is 2. The van der Waals surface area contributed by atoms with Crippen molar-refractivity contribution in [2.45, 2.75) is 19.8 Å². The van der Waals surface area contributed by atoms with Gasteiger partial charge < -0.3 is 10.2 Å². The SMILES string of the molecule is CCN1C[C@@H](C(=O)NCCc2nccs2)CC1=O. The molecule has 0 unspecified atom stereocenters. The first-order valence-electron chi connectivity index (χ1n) is 6.14. The smallest absolute Gasteiger partial charge is 0.225 e. The summed E-state index contributed by atoms with van der Waals surface area (Å²) in [5.74, 6) is -0.123. The lowest BCUT2D eigenvalue weighted by Crippen LogP contribution is -2.34. The van der Waals surface area contributed by atoms with Crippen molar-refractivity contribution in [3.8, 4) is 0 Å². The molecule has 0 aromatic carbocycles. The highest BCUT2D eigenvalue weighted by atomic mass is 32.1. The Hall–Kier alpha value is -1.43. The van der Waals surface area contributed by atoms with E-state index >= 15 is 0 Å². The van der Waals surface area contributed by atoms with Crippen molar-refractivity contribution < 1.29 is 9.59 Å². The normalized spacial score (nSPS) is 19.3. The maximum Gasteiger partial charge on any atom is 0.225 e. The second-order valence-corrected chi connectivity index (χ2v) is 5.28. The highest BCUT2D eigenvalue weighted by Gasteiger charge is 2.32. The van der Waals surface area contributed by atoms with Crippen LogP contribution in [0.25, 0.3) is 0 Å². The summed E-state index contributed by atoms with van der Waals surface area (Å²) in [6, 6.07) is 0. The summed E-state index contributed by atoms with van der Waals surface area (Å²) < 4.78 is 0. The second kappa shape index (κ2) is 5.95. The van der Waals surface area contributed by atoms with Crippen LogP contribution in [0.3, 0.4) is 0 Å². The van der Waals surface area contributed by atoms with Gasteiger partial charge in [-0.15, -0.1) is 11.3 Å². The topological polar surface area (TPSA) is 62.3 Å². The summed E-state index contributed by atoms with van der Waals surface area (Å²) in [4.78, 5) is 29.3. The molecule has 1 fully saturated rings. The fourth-order valence-corrected chi connectivity index (χ4v) is 2.69. The van der Waals surface area contributed by atoms with Crippen molar-refractivity contribution >= 4 is 23.2 Å². The molecule has 1 saturated heterocycles. The van der Waals surface area contributed by atoms with Gasteiger partial charge in [-0.25, -0.2) is 4.98 Å². The van der Waals surface area contributed by atoms with Gasteiger partial charge in [-0.1, -0.05) is 0 Å². The third-order valence-electron chi connectivity index (χ3n) is 3.09. The van der Waals surface area contributed by atoms with E-state index in [1.807, 2.05) is 12.3 Å². The van der Waals surface area contributed by atoms with E-state index in [0.29, 0.717) is 26.1 Å². The van der Waals surface area contributed by atoms with Crippen LogP contribution in [0.4, 0.5) is 0 Å². The molecule has 2 rings (SSSR count). The minimum absolute atomic E-state index is 0.0177. The summed E-state index contributed by atoms with van der Waals surface area (Å²) >= 11 is 1.59. The van der Waals surface area contributed by atoms with E-state index in [-0.39, 0.29) is 17.7 Å². The third-order valence-corrected chi connectivity index (χ3v) is 3.93. The number of hydrogen-bond acceptors (Lipinski definition) is 4. The minimum Gasteiger partial charge on any atom is -0.355 e. The van der Waals surface area contributed by atoms with E-state index in [0.717, 1.165) is 11.4 Å². The van der Waals surface area contributed by atoms with Crippen LogP contribution >= 0.6 is 11.3 Å². The zero-order chi connectivity index (χ0) is 13.0. The molecule has 5 nitrogen and oxygen atoms in total. The monoisotopic (exact) mass is 267 g/mol. The van der Waals surface area contributed by atoms with Crippen LogP contribution < -0.4 is 5.32 Å². The van der Waals surface area contributed by atoms with E-state index in [1.165, 1.54) is 0 Å². The number of nitrogens with zero attached hydrogens (tertiary/aromatic N) is 2. The van der Waals surface area contributed by atoms with Crippen LogP contribution in [-0.4, -0.2) is 41.3 Å². The average Bonchev–Trinajstić information content (AvgIpc) is 2.98. The van der Waals surface area contributed by atoms with Gasteiger partial charge in [-0.05, 0) is 6.92 Å². The number of hydrogen-bond donors (Lipinski definition) is 1. The number of carbonyl (C=O) groups is 2. The van der Waals surface area contributed by atoms with Gasteiger partial charge in [0.25, 0.3) is 0 Å². The standard InChI is InChI=1S/C12H17N3O2S/c1-2-15-8-9(7-11(15)16)12(17)14-4-3-10-13-5-6-18-10/h5-6,9H,2-4,7-8H2,1H3,(H,14,17)/t9-/m0/s1. The lowest BCUT2D eigenvalue weighted by molar-refractivity contribution is -0.128. The molecule has 0 spiro atoms. The lowest BCUT2D eigenvalue weighted by Gasteiger charge is -2.13. The molecular weight excluding hydrogens is 250 g/mol. The predicted molar refractivity (Wildman–Crippen MR) is 69.2 cm³/mol. The molecule has 0 saturated carbocycles. The molecular formula is C12H17N3O2S. The first-order chi connectivity index (χ1) is 8.70. The van der Waals surface area contributed by atoms with E-state index in [1.54, 1.807) is 22.4 Å². The number of thiazole rings is 1. The van der Waals surface area contributed by atoms with Gasteiger partial charge in [0.05, 0.1) is 10.9 Å². The Balaban J connectivity index is 1.74. The minimum atomic E-state index is -0.186. The molecule has 0 bridgehead atoms. The molecule has 1 aliphatic heterocycles. The Labute approximate surface area is 110 Å². The first kappa shape index (κ1) is 13.0. The van der Waals surface area contributed by atoms with E-state index in [9.17, 15) is 9.59 Å². The molecule has 98 valence electrons. The van der Waals surface area contributed by atoms with Gasteiger partial charge in [0.1, 0.15) is 0 Å². The van der Waals surface area contributed by atoms with Gasteiger partial charge in [-0.3, -0.25) is 9.59 Å². The van der Waals surface area contributed by atoms with Gasteiger partial charge in [0.2, 0.25) is 11.8 Å². The lowest BCUT2D eigenvalue weighted by atomic mass is 10.1. The molecule has 1 aliphatic rings. The first-order valence-corrected chi connectivity index (χ1v) is 7.02. The van der Waals surface area contributed by atoms with Gasteiger partial charge in [0.15, 0.2) is 0 Å². The van der Waals surface area contributed by atoms with Gasteiger partial charge in [-0.2, -0.15) is 0 Å².